The van der Waals surface area contributed by atoms with Crippen molar-refractivity contribution in [2.45, 2.75) is 51.4 Å². The molecule has 2 fully saturated rings. The van der Waals surface area contributed by atoms with Crippen molar-refractivity contribution in [2.24, 2.45) is 17.1 Å². The normalized spacial score (nSPS) is 21.8. The van der Waals surface area contributed by atoms with Crippen LogP contribution < -0.4 is 5.73 Å². The van der Waals surface area contributed by atoms with Gasteiger partial charge in [0.2, 0.25) is 11.8 Å². The quantitative estimate of drug-likeness (QED) is 0.757. The van der Waals surface area contributed by atoms with Crippen LogP contribution in [0.5, 0.6) is 0 Å². The number of primary amides is 1. The van der Waals surface area contributed by atoms with Gasteiger partial charge in [-0.1, -0.05) is 49.9 Å². The molecular formula is C25H31N3O2. The first-order valence-electron chi connectivity index (χ1n) is 11.1. The molecule has 1 aromatic heterocycles. The lowest BCUT2D eigenvalue weighted by atomic mass is 9.78. The molecule has 2 aliphatic rings. The van der Waals surface area contributed by atoms with Gasteiger partial charge in [-0.05, 0) is 54.0 Å². The van der Waals surface area contributed by atoms with Crippen molar-refractivity contribution in [3.63, 3.8) is 0 Å². The number of hydrogen-bond donors (Lipinski definition) is 1. The van der Waals surface area contributed by atoms with Gasteiger partial charge in [0.05, 0.1) is 5.41 Å². The monoisotopic (exact) mass is 405 g/mol. The maximum Gasteiger partial charge on any atom is 0.225 e. The number of pyridine rings is 1. The van der Waals surface area contributed by atoms with Gasteiger partial charge in [0.15, 0.2) is 0 Å². The predicted octanol–water partition coefficient (Wildman–Crippen LogP) is 3.97. The van der Waals surface area contributed by atoms with Crippen LogP contribution in [0.2, 0.25) is 0 Å². The zero-order valence-corrected chi connectivity index (χ0v) is 17.6. The summed E-state index contributed by atoms with van der Waals surface area (Å²) in [4.78, 5) is 31.4. The van der Waals surface area contributed by atoms with E-state index < -0.39 is 5.41 Å². The minimum Gasteiger partial charge on any atom is -0.369 e. The van der Waals surface area contributed by atoms with Crippen molar-refractivity contribution in [3.8, 4) is 11.1 Å². The number of carbonyl (C=O) groups excluding carboxylic acids is 2. The van der Waals surface area contributed by atoms with Crippen LogP contribution in [0.1, 0.15) is 50.5 Å². The summed E-state index contributed by atoms with van der Waals surface area (Å²) in [6.07, 6.45) is 11.4. The molecule has 2 amide bonds. The first-order chi connectivity index (χ1) is 14.6. The van der Waals surface area contributed by atoms with Crippen LogP contribution in [0, 0.1) is 11.3 Å². The lowest BCUT2D eigenvalue weighted by Crippen LogP contribution is -2.42. The zero-order valence-electron chi connectivity index (χ0n) is 17.6. The second-order valence-electron chi connectivity index (χ2n) is 8.97. The summed E-state index contributed by atoms with van der Waals surface area (Å²) in [7, 11) is 0. The lowest BCUT2D eigenvalue weighted by molar-refractivity contribution is -0.132. The number of nitrogens with two attached hydrogens (primary N) is 1. The number of aromatic nitrogens is 1. The molecule has 2 N–H and O–H groups in total. The molecule has 4 rings (SSSR count). The van der Waals surface area contributed by atoms with Crippen molar-refractivity contribution in [1.82, 2.24) is 9.88 Å². The van der Waals surface area contributed by atoms with Crippen LogP contribution >= 0.6 is 0 Å². The van der Waals surface area contributed by atoms with Gasteiger partial charge in [-0.15, -0.1) is 0 Å². The number of nitrogens with zero attached hydrogens (tertiary/aromatic N) is 2. The van der Waals surface area contributed by atoms with Gasteiger partial charge in [0, 0.05) is 31.9 Å². The van der Waals surface area contributed by atoms with E-state index in [0.29, 0.717) is 38.3 Å². The molecule has 2 heterocycles. The van der Waals surface area contributed by atoms with Crippen LogP contribution in [-0.2, 0) is 16.0 Å². The fourth-order valence-corrected chi connectivity index (χ4v) is 5.15. The number of likely N-dealkylation sites (tertiary alicyclic amines) is 1. The second kappa shape index (κ2) is 8.99. The molecule has 1 aliphatic heterocycles. The Morgan fingerprint density at radius 1 is 1.10 bits per heavy atom. The highest BCUT2D eigenvalue weighted by molar-refractivity contribution is 5.85. The van der Waals surface area contributed by atoms with E-state index in [1.54, 1.807) is 12.4 Å². The Morgan fingerprint density at radius 2 is 1.83 bits per heavy atom. The number of benzene rings is 1. The van der Waals surface area contributed by atoms with Gasteiger partial charge < -0.3 is 10.6 Å². The van der Waals surface area contributed by atoms with Crippen LogP contribution in [-0.4, -0.2) is 34.8 Å². The summed E-state index contributed by atoms with van der Waals surface area (Å²) in [5.41, 5.74) is 8.46. The van der Waals surface area contributed by atoms with Gasteiger partial charge in [-0.2, -0.15) is 0 Å². The summed E-state index contributed by atoms with van der Waals surface area (Å²) in [5, 5.41) is 0. The molecule has 1 saturated heterocycles. The first-order valence-corrected chi connectivity index (χ1v) is 11.1. The van der Waals surface area contributed by atoms with E-state index in [0.717, 1.165) is 23.1 Å². The van der Waals surface area contributed by atoms with E-state index in [1.807, 2.05) is 29.2 Å². The summed E-state index contributed by atoms with van der Waals surface area (Å²) < 4.78 is 0. The lowest BCUT2D eigenvalue weighted by Gasteiger charge is -2.27. The Hall–Kier alpha value is -2.69. The Labute approximate surface area is 178 Å². The Bertz CT molecular complexity index is 892. The van der Waals surface area contributed by atoms with Crippen molar-refractivity contribution in [2.75, 3.05) is 13.1 Å². The third-order valence-electron chi connectivity index (χ3n) is 7.01. The van der Waals surface area contributed by atoms with Gasteiger partial charge in [-0.3, -0.25) is 14.6 Å². The molecule has 1 saturated carbocycles. The molecule has 1 aromatic carbocycles. The third-order valence-corrected chi connectivity index (χ3v) is 7.01. The molecule has 1 atom stereocenters. The summed E-state index contributed by atoms with van der Waals surface area (Å²) in [6.45, 7) is 1.04. The van der Waals surface area contributed by atoms with Crippen LogP contribution in [0.25, 0.3) is 11.1 Å². The first kappa shape index (κ1) is 20.6. The Morgan fingerprint density at radius 3 is 2.57 bits per heavy atom. The van der Waals surface area contributed by atoms with Crippen molar-refractivity contribution in [3.05, 3.63) is 54.4 Å². The maximum atomic E-state index is 12.8. The molecule has 30 heavy (non-hydrogen) atoms. The molecule has 1 unspecified atom stereocenters. The topological polar surface area (TPSA) is 76.3 Å². The number of amides is 2. The van der Waals surface area contributed by atoms with Crippen molar-refractivity contribution < 1.29 is 9.59 Å². The number of carbonyl (C=O) groups is 2. The van der Waals surface area contributed by atoms with Gasteiger partial charge >= 0.3 is 0 Å². The van der Waals surface area contributed by atoms with Crippen molar-refractivity contribution in [1.29, 1.82) is 0 Å². The average Bonchev–Trinajstić information content (AvgIpc) is 3.44. The molecule has 2 aromatic rings. The molecule has 0 radical (unpaired) electrons. The average molecular weight is 406 g/mol. The van der Waals surface area contributed by atoms with E-state index in [9.17, 15) is 9.59 Å². The van der Waals surface area contributed by atoms with Gasteiger partial charge in [0.25, 0.3) is 0 Å². The maximum absolute atomic E-state index is 12.8. The summed E-state index contributed by atoms with van der Waals surface area (Å²) in [5.74, 6) is 0.565. The zero-order chi connectivity index (χ0) is 21.0. The van der Waals surface area contributed by atoms with Gasteiger partial charge in [-0.25, -0.2) is 0 Å². The number of hydrogen-bond acceptors (Lipinski definition) is 3. The fourth-order valence-electron chi connectivity index (χ4n) is 5.15. The summed E-state index contributed by atoms with van der Waals surface area (Å²) >= 11 is 0. The molecule has 5 heteroatoms. The SMILES string of the molecule is NC(=O)C1(Cc2ccccc2-c2ccncc2)CCN(C(=O)CCC2CCCC2)C1. The minimum absolute atomic E-state index is 0.174. The molecular weight excluding hydrogens is 374 g/mol. The number of rotatable bonds is 7. The molecule has 5 nitrogen and oxygen atoms in total. The van der Waals surface area contributed by atoms with Gasteiger partial charge in [0.1, 0.15) is 0 Å². The van der Waals surface area contributed by atoms with E-state index in [4.69, 9.17) is 5.73 Å². The summed E-state index contributed by atoms with van der Waals surface area (Å²) in [6, 6.07) is 12.1. The minimum atomic E-state index is -0.702. The standard InChI is InChI=1S/C25H31N3O2/c26-24(30)25(13-16-28(18-25)23(29)10-9-19-5-1-2-6-19)17-21-7-3-4-8-22(21)20-11-14-27-15-12-20/h3-4,7-8,11-12,14-15,19H,1-2,5-6,9-10,13,16-18H2,(H2,26,30). The molecule has 158 valence electrons. The Balaban J connectivity index is 1.48. The van der Waals surface area contributed by atoms with E-state index in [-0.39, 0.29) is 11.8 Å². The second-order valence-corrected chi connectivity index (χ2v) is 8.97. The smallest absolute Gasteiger partial charge is 0.225 e. The molecule has 1 aliphatic carbocycles. The largest absolute Gasteiger partial charge is 0.369 e. The van der Waals surface area contributed by atoms with Crippen LogP contribution in [0.15, 0.2) is 48.8 Å². The Kier molecular flexibility index (Phi) is 6.16. The molecule has 0 bridgehead atoms. The van der Waals surface area contributed by atoms with Crippen LogP contribution in [0.4, 0.5) is 0 Å². The fraction of sp³-hybridized carbons (Fsp3) is 0.480. The van der Waals surface area contributed by atoms with E-state index in [1.165, 1.54) is 25.7 Å². The third kappa shape index (κ3) is 4.40. The predicted molar refractivity (Wildman–Crippen MR) is 117 cm³/mol. The van der Waals surface area contributed by atoms with Crippen molar-refractivity contribution >= 4 is 11.8 Å². The highest BCUT2D eigenvalue weighted by atomic mass is 16.2. The van der Waals surface area contributed by atoms with E-state index >= 15 is 0 Å². The van der Waals surface area contributed by atoms with Crippen LogP contribution in [0.3, 0.4) is 0 Å². The highest BCUT2D eigenvalue weighted by Crippen LogP contribution is 2.37. The van der Waals surface area contributed by atoms with E-state index in [2.05, 4.69) is 17.1 Å². The molecule has 0 spiro atoms. The highest BCUT2D eigenvalue weighted by Gasteiger charge is 2.45.